The van der Waals surface area contributed by atoms with Gasteiger partial charge in [-0.25, -0.2) is 9.37 Å². The van der Waals surface area contributed by atoms with Crippen molar-refractivity contribution in [2.45, 2.75) is 13.1 Å². The zero-order chi connectivity index (χ0) is 13.8. The van der Waals surface area contributed by atoms with Gasteiger partial charge in [0.15, 0.2) is 0 Å². The highest BCUT2D eigenvalue weighted by Gasteiger charge is 2.06. The Bertz CT molecular complexity index is 592. The maximum Gasteiger partial charge on any atom is 0.145 e. The Morgan fingerprint density at radius 2 is 2.16 bits per heavy atom. The Morgan fingerprint density at radius 3 is 2.79 bits per heavy atom. The smallest absolute Gasteiger partial charge is 0.145 e. The summed E-state index contributed by atoms with van der Waals surface area (Å²) in [5, 5.41) is 3.48. The number of hydrogen-bond acceptors (Lipinski definition) is 3. The Balaban J connectivity index is 2.10. The van der Waals surface area contributed by atoms with Crippen molar-refractivity contribution < 1.29 is 4.39 Å². The first-order valence-corrected chi connectivity index (χ1v) is 6.79. The summed E-state index contributed by atoms with van der Waals surface area (Å²) in [5.74, 6) is 0.232. The average Bonchev–Trinajstić information content (AvgIpc) is 2.39. The second-order valence-corrected chi connectivity index (χ2v) is 5.29. The van der Waals surface area contributed by atoms with Crippen LogP contribution >= 0.6 is 27.5 Å². The fraction of sp³-hybridized carbons (Fsp3) is 0.154. The van der Waals surface area contributed by atoms with Crippen LogP contribution in [0, 0.1) is 5.82 Å². The molecule has 19 heavy (non-hydrogen) atoms. The third kappa shape index (κ3) is 3.65. The molecule has 0 radical (unpaired) electrons. The molecule has 0 aliphatic heterocycles. The fourth-order valence-corrected chi connectivity index (χ4v) is 2.28. The van der Waals surface area contributed by atoms with Gasteiger partial charge in [-0.05, 0) is 33.6 Å². The molecule has 0 spiro atoms. The quantitative estimate of drug-likeness (QED) is 0.889. The first-order valence-electron chi connectivity index (χ1n) is 5.62. The van der Waals surface area contributed by atoms with Crippen LogP contribution in [0.3, 0.4) is 0 Å². The lowest BCUT2D eigenvalue weighted by molar-refractivity contribution is 0.610. The molecule has 0 saturated carbocycles. The van der Waals surface area contributed by atoms with Gasteiger partial charge in [-0.1, -0.05) is 23.7 Å². The van der Waals surface area contributed by atoms with Crippen molar-refractivity contribution in [3.05, 3.63) is 56.9 Å². The predicted octanol–water partition coefficient (Wildman–Crippen LogP) is 3.71. The van der Waals surface area contributed by atoms with Crippen LogP contribution in [-0.4, -0.2) is 4.98 Å². The molecule has 0 saturated heterocycles. The first kappa shape index (κ1) is 14.2. The average molecular weight is 345 g/mol. The SMILES string of the molecule is NCc1ccc(CNc2ncc(Br)cc2Cl)c(F)c1. The van der Waals surface area contributed by atoms with E-state index >= 15 is 0 Å². The van der Waals surface area contributed by atoms with Crippen LogP contribution in [0.15, 0.2) is 34.9 Å². The number of aromatic nitrogens is 1. The molecule has 100 valence electrons. The zero-order valence-electron chi connectivity index (χ0n) is 9.96. The fourth-order valence-electron chi connectivity index (χ4n) is 1.58. The maximum absolute atomic E-state index is 13.7. The summed E-state index contributed by atoms with van der Waals surface area (Å²) >= 11 is 9.29. The van der Waals surface area contributed by atoms with Crippen molar-refractivity contribution in [3.63, 3.8) is 0 Å². The molecule has 2 rings (SSSR count). The maximum atomic E-state index is 13.7. The Labute approximate surface area is 124 Å². The van der Waals surface area contributed by atoms with Crippen LogP contribution in [-0.2, 0) is 13.1 Å². The van der Waals surface area contributed by atoms with Crippen LogP contribution in [0.2, 0.25) is 5.02 Å². The van der Waals surface area contributed by atoms with E-state index < -0.39 is 0 Å². The van der Waals surface area contributed by atoms with E-state index in [1.54, 1.807) is 24.4 Å². The second-order valence-electron chi connectivity index (χ2n) is 3.97. The van der Waals surface area contributed by atoms with E-state index in [4.69, 9.17) is 17.3 Å². The second kappa shape index (κ2) is 6.32. The summed E-state index contributed by atoms with van der Waals surface area (Å²) in [4.78, 5) is 4.12. The molecular formula is C13H12BrClFN3. The van der Waals surface area contributed by atoms with Crippen LogP contribution in [0.4, 0.5) is 10.2 Å². The van der Waals surface area contributed by atoms with Crippen LogP contribution < -0.4 is 11.1 Å². The minimum Gasteiger partial charge on any atom is -0.365 e. The number of nitrogens with zero attached hydrogens (tertiary/aromatic N) is 1. The van der Waals surface area contributed by atoms with Gasteiger partial charge < -0.3 is 11.1 Å². The number of pyridine rings is 1. The molecular weight excluding hydrogens is 333 g/mol. The normalized spacial score (nSPS) is 10.5. The van der Waals surface area contributed by atoms with Gasteiger partial charge in [0.2, 0.25) is 0 Å². The van der Waals surface area contributed by atoms with Crippen molar-refractivity contribution in [3.8, 4) is 0 Å². The van der Waals surface area contributed by atoms with Gasteiger partial charge in [-0.15, -0.1) is 0 Å². The largest absolute Gasteiger partial charge is 0.365 e. The van der Waals surface area contributed by atoms with Gasteiger partial charge in [-0.2, -0.15) is 0 Å². The molecule has 1 heterocycles. The van der Waals surface area contributed by atoms with E-state index in [-0.39, 0.29) is 5.82 Å². The third-order valence-electron chi connectivity index (χ3n) is 2.61. The summed E-state index contributed by atoms with van der Waals surface area (Å²) < 4.78 is 14.5. The number of rotatable bonds is 4. The Hall–Kier alpha value is -1.17. The van der Waals surface area contributed by atoms with E-state index in [1.807, 2.05) is 0 Å². The summed E-state index contributed by atoms with van der Waals surface area (Å²) in [6, 6.07) is 6.67. The molecule has 0 atom stereocenters. The Kier molecular flexibility index (Phi) is 4.74. The summed E-state index contributed by atoms with van der Waals surface area (Å²) in [6.45, 7) is 0.635. The standard InChI is InChI=1S/C13H12BrClFN3/c14-10-4-11(15)13(19-7-10)18-6-9-2-1-8(5-17)3-12(9)16/h1-4,7H,5-6,17H2,(H,18,19). The van der Waals surface area contributed by atoms with E-state index in [0.29, 0.717) is 29.5 Å². The van der Waals surface area contributed by atoms with E-state index in [0.717, 1.165) is 10.0 Å². The lowest BCUT2D eigenvalue weighted by atomic mass is 10.1. The number of anilines is 1. The highest BCUT2D eigenvalue weighted by atomic mass is 79.9. The topological polar surface area (TPSA) is 50.9 Å². The van der Waals surface area contributed by atoms with Crippen molar-refractivity contribution in [2.24, 2.45) is 5.73 Å². The van der Waals surface area contributed by atoms with Crippen molar-refractivity contribution in [2.75, 3.05) is 5.32 Å². The van der Waals surface area contributed by atoms with Gasteiger partial charge in [0.05, 0.1) is 5.02 Å². The molecule has 0 aliphatic rings. The van der Waals surface area contributed by atoms with Crippen LogP contribution in [0.5, 0.6) is 0 Å². The van der Waals surface area contributed by atoms with Crippen molar-refractivity contribution in [1.29, 1.82) is 0 Å². The summed E-state index contributed by atoms with van der Waals surface area (Å²) in [6.07, 6.45) is 1.63. The molecule has 2 aromatic rings. The number of nitrogens with one attached hydrogen (secondary N) is 1. The molecule has 0 aliphatic carbocycles. The monoisotopic (exact) mass is 343 g/mol. The number of benzene rings is 1. The lowest BCUT2D eigenvalue weighted by Crippen LogP contribution is -2.05. The minimum absolute atomic E-state index is 0.288. The van der Waals surface area contributed by atoms with Gasteiger partial charge in [0, 0.05) is 29.3 Å². The Morgan fingerprint density at radius 1 is 1.37 bits per heavy atom. The van der Waals surface area contributed by atoms with Crippen molar-refractivity contribution >= 4 is 33.3 Å². The van der Waals surface area contributed by atoms with Gasteiger partial charge >= 0.3 is 0 Å². The van der Waals surface area contributed by atoms with Gasteiger partial charge in [0.25, 0.3) is 0 Å². The molecule has 3 N–H and O–H groups in total. The molecule has 0 fully saturated rings. The van der Waals surface area contributed by atoms with E-state index in [9.17, 15) is 4.39 Å². The molecule has 6 heteroatoms. The zero-order valence-corrected chi connectivity index (χ0v) is 12.3. The highest BCUT2D eigenvalue weighted by Crippen LogP contribution is 2.23. The van der Waals surface area contributed by atoms with Crippen LogP contribution in [0.1, 0.15) is 11.1 Å². The molecule has 3 nitrogen and oxygen atoms in total. The van der Waals surface area contributed by atoms with Crippen LogP contribution in [0.25, 0.3) is 0 Å². The minimum atomic E-state index is -0.288. The molecule has 1 aromatic carbocycles. The number of hydrogen-bond donors (Lipinski definition) is 2. The van der Waals surface area contributed by atoms with E-state index in [2.05, 4.69) is 26.2 Å². The molecule has 1 aromatic heterocycles. The van der Waals surface area contributed by atoms with Gasteiger partial charge in [0.1, 0.15) is 11.6 Å². The van der Waals surface area contributed by atoms with Crippen molar-refractivity contribution in [1.82, 2.24) is 4.98 Å². The summed E-state index contributed by atoms with van der Waals surface area (Å²) in [5.41, 5.74) is 6.76. The third-order valence-corrected chi connectivity index (χ3v) is 3.33. The van der Waals surface area contributed by atoms with Gasteiger partial charge in [-0.3, -0.25) is 0 Å². The first-order chi connectivity index (χ1) is 9.10. The molecule has 0 unspecified atom stereocenters. The lowest BCUT2D eigenvalue weighted by Gasteiger charge is -2.09. The molecule has 0 bridgehead atoms. The predicted molar refractivity (Wildman–Crippen MR) is 78.6 cm³/mol. The highest BCUT2D eigenvalue weighted by molar-refractivity contribution is 9.10. The molecule has 0 amide bonds. The van der Waals surface area contributed by atoms with E-state index in [1.165, 1.54) is 6.07 Å². The number of nitrogens with two attached hydrogens (primary N) is 1. The summed E-state index contributed by atoms with van der Waals surface area (Å²) in [7, 11) is 0. The number of halogens is 3.